The molecule has 0 radical (unpaired) electrons. The molecule has 2 aromatic carbocycles. The standard InChI is InChI=1S/C17H17N3O/c21-20-16-7-3-2-6-14(16)18-15-9-8-13(12-17(15)20)19-10-4-1-5-11-19/h2-3,6-9,12H,1,4-5,10-11H2. The number of benzene rings is 2. The zero-order valence-corrected chi connectivity index (χ0v) is 11.8. The summed E-state index contributed by atoms with van der Waals surface area (Å²) in [6, 6.07) is 13.5. The van der Waals surface area contributed by atoms with Gasteiger partial charge in [0, 0.05) is 30.9 Å². The molecule has 1 aliphatic rings. The van der Waals surface area contributed by atoms with Crippen LogP contribution in [0.2, 0.25) is 0 Å². The van der Waals surface area contributed by atoms with Gasteiger partial charge in [0.15, 0.2) is 0 Å². The molecule has 1 saturated heterocycles. The third-order valence-corrected chi connectivity index (χ3v) is 4.24. The van der Waals surface area contributed by atoms with Crippen molar-refractivity contribution in [2.24, 2.45) is 0 Å². The van der Waals surface area contributed by atoms with Gasteiger partial charge in [0.2, 0.25) is 11.0 Å². The summed E-state index contributed by atoms with van der Waals surface area (Å²) < 4.78 is 1.01. The summed E-state index contributed by atoms with van der Waals surface area (Å²) in [4.78, 5) is 6.94. The van der Waals surface area contributed by atoms with Crippen molar-refractivity contribution in [1.29, 1.82) is 0 Å². The number of rotatable bonds is 1. The second-order valence-corrected chi connectivity index (χ2v) is 5.62. The molecule has 4 heteroatoms. The van der Waals surface area contributed by atoms with Crippen molar-refractivity contribution in [3.8, 4) is 0 Å². The van der Waals surface area contributed by atoms with Gasteiger partial charge >= 0.3 is 0 Å². The highest BCUT2D eigenvalue weighted by Gasteiger charge is 2.16. The summed E-state index contributed by atoms with van der Waals surface area (Å²) in [7, 11) is 0. The first-order valence-corrected chi connectivity index (χ1v) is 7.50. The Labute approximate surface area is 123 Å². The maximum atomic E-state index is 12.6. The number of fused-ring (bicyclic) bond motifs is 2. The Kier molecular flexibility index (Phi) is 2.88. The molecule has 1 aromatic heterocycles. The van der Waals surface area contributed by atoms with Crippen molar-refractivity contribution >= 4 is 27.8 Å². The van der Waals surface area contributed by atoms with Crippen LogP contribution in [-0.4, -0.2) is 18.1 Å². The van der Waals surface area contributed by atoms with Crippen molar-refractivity contribution < 1.29 is 4.73 Å². The largest absolute Gasteiger partial charge is 0.618 e. The lowest BCUT2D eigenvalue weighted by atomic mass is 10.1. The average Bonchev–Trinajstić information content (AvgIpc) is 2.56. The summed E-state index contributed by atoms with van der Waals surface area (Å²) in [5.41, 5.74) is 3.90. The Bertz CT molecular complexity index is 810. The van der Waals surface area contributed by atoms with Crippen molar-refractivity contribution in [3.05, 3.63) is 47.7 Å². The minimum Gasteiger partial charge on any atom is -0.618 e. The average molecular weight is 279 g/mol. The Morgan fingerprint density at radius 3 is 2.52 bits per heavy atom. The normalized spacial score (nSPS) is 15.7. The van der Waals surface area contributed by atoms with Crippen LogP contribution in [0, 0.1) is 5.21 Å². The fourth-order valence-electron chi connectivity index (χ4n) is 3.11. The number of aromatic nitrogens is 2. The highest BCUT2D eigenvalue weighted by atomic mass is 16.5. The number of hydrogen-bond acceptors (Lipinski definition) is 3. The van der Waals surface area contributed by atoms with E-state index in [0.29, 0.717) is 11.0 Å². The van der Waals surface area contributed by atoms with Gasteiger partial charge in [-0.25, -0.2) is 4.98 Å². The lowest BCUT2D eigenvalue weighted by Crippen LogP contribution is -2.31. The number of piperidine rings is 1. The monoisotopic (exact) mass is 279 g/mol. The van der Waals surface area contributed by atoms with Gasteiger partial charge in [0.05, 0.1) is 0 Å². The fraction of sp³-hybridized carbons (Fsp3) is 0.294. The second-order valence-electron chi connectivity index (χ2n) is 5.62. The van der Waals surface area contributed by atoms with Crippen molar-refractivity contribution in [1.82, 2.24) is 4.98 Å². The molecule has 1 fully saturated rings. The van der Waals surface area contributed by atoms with Gasteiger partial charge in [-0.3, -0.25) is 0 Å². The van der Waals surface area contributed by atoms with E-state index in [4.69, 9.17) is 0 Å². The van der Waals surface area contributed by atoms with Gasteiger partial charge < -0.3 is 10.1 Å². The van der Waals surface area contributed by atoms with E-state index in [1.807, 2.05) is 36.4 Å². The van der Waals surface area contributed by atoms with E-state index in [1.54, 1.807) is 0 Å². The van der Waals surface area contributed by atoms with Crippen LogP contribution in [0.4, 0.5) is 5.69 Å². The topological polar surface area (TPSA) is 43.1 Å². The van der Waals surface area contributed by atoms with Gasteiger partial charge in [0.25, 0.3) is 0 Å². The lowest BCUT2D eigenvalue weighted by Gasteiger charge is -2.28. The molecule has 0 bridgehead atoms. The number of hydrogen-bond donors (Lipinski definition) is 0. The molecule has 1 aliphatic heterocycles. The van der Waals surface area contributed by atoms with Crippen LogP contribution in [0.25, 0.3) is 22.1 Å². The molecule has 3 aromatic rings. The molecule has 0 saturated carbocycles. The molecular formula is C17H17N3O. The summed E-state index contributed by atoms with van der Waals surface area (Å²) in [5, 5.41) is 12.6. The highest BCUT2D eigenvalue weighted by Crippen LogP contribution is 2.23. The van der Waals surface area contributed by atoms with Gasteiger partial charge in [-0.1, -0.05) is 12.1 Å². The number of anilines is 1. The maximum absolute atomic E-state index is 12.6. The zero-order chi connectivity index (χ0) is 14.2. The van der Waals surface area contributed by atoms with Crippen LogP contribution in [0.5, 0.6) is 0 Å². The minimum atomic E-state index is 0.626. The van der Waals surface area contributed by atoms with Crippen LogP contribution in [0.3, 0.4) is 0 Å². The fourth-order valence-corrected chi connectivity index (χ4v) is 3.11. The first kappa shape index (κ1) is 12.4. The summed E-state index contributed by atoms with van der Waals surface area (Å²) in [6.07, 6.45) is 3.76. The van der Waals surface area contributed by atoms with Crippen molar-refractivity contribution in [3.63, 3.8) is 0 Å². The molecule has 4 rings (SSSR count). The SMILES string of the molecule is [O-][n+]1c2ccccc2nc2ccc(N3CCCCC3)cc21. The Morgan fingerprint density at radius 2 is 1.67 bits per heavy atom. The molecule has 4 nitrogen and oxygen atoms in total. The van der Waals surface area contributed by atoms with E-state index in [0.717, 1.165) is 34.5 Å². The van der Waals surface area contributed by atoms with Crippen molar-refractivity contribution in [2.75, 3.05) is 18.0 Å². The zero-order valence-electron chi connectivity index (χ0n) is 11.8. The van der Waals surface area contributed by atoms with E-state index >= 15 is 0 Å². The van der Waals surface area contributed by atoms with Crippen LogP contribution >= 0.6 is 0 Å². The minimum absolute atomic E-state index is 0.626. The summed E-state index contributed by atoms with van der Waals surface area (Å²) in [5.74, 6) is 0. The number of nitrogens with zero attached hydrogens (tertiary/aromatic N) is 3. The highest BCUT2D eigenvalue weighted by molar-refractivity contribution is 5.83. The third-order valence-electron chi connectivity index (χ3n) is 4.24. The van der Waals surface area contributed by atoms with Crippen molar-refractivity contribution in [2.45, 2.75) is 19.3 Å². The summed E-state index contributed by atoms with van der Waals surface area (Å²) in [6.45, 7) is 2.15. The maximum Gasteiger partial charge on any atom is 0.245 e. The molecule has 21 heavy (non-hydrogen) atoms. The second kappa shape index (κ2) is 4.88. The molecule has 2 heterocycles. The number of para-hydroxylation sites is 2. The predicted octanol–water partition coefficient (Wildman–Crippen LogP) is 3.01. The molecule has 106 valence electrons. The first-order chi connectivity index (χ1) is 10.3. The third kappa shape index (κ3) is 2.07. The first-order valence-electron chi connectivity index (χ1n) is 7.50. The Morgan fingerprint density at radius 1 is 0.905 bits per heavy atom. The molecule has 0 atom stereocenters. The van der Waals surface area contributed by atoms with E-state index in [-0.39, 0.29) is 0 Å². The Hall–Kier alpha value is -2.36. The van der Waals surface area contributed by atoms with Crippen LogP contribution in [-0.2, 0) is 0 Å². The van der Waals surface area contributed by atoms with Gasteiger partial charge in [0.1, 0.15) is 11.0 Å². The van der Waals surface area contributed by atoms with E-state index in [2.05, 4.69) is 16.0 Å². The molecule has 0 spiro atoms. The molecule has 0 amide bonds. The summed E-state index contributed by atoms with van der Waals surface area (Å²) >= 11 is 0. The van der Waals surface area contributed by atoms with Gasteiger partial charge in [-0.15, -0.1) is 0 Å². The molecule has 0 unspecified atom stereocenters. The quantitative estimate of drug-likeness (QED) is 0.391. The van der Waals surface area contributed by atoms with E-state index < -0.39 is 0 Å². The predicted molar refractivity (Wildman–Crippen MR) is 84.3 cm³/mol. The molecular weight excluding hydrogens is 262 g/mol. The van der Waals surface area contributed by atoms with Gasteiger partial charge in [-0.05, 0) is 37.5 Å². The molecule has 0 aliphatic carbocycles. The van der Waals surface area contributed by atoms with Crippen LogP contribution in [0.15, 0.2) is 42.5 Å². The van der Waals surface area contributed by atoms with E-state index in [1.165, 1.54) is 19.3 Å². The van der Waals surface area contributed by atoms with Gasteiger partial charge in [-0.2, -0.15) is 4.73 Å². The van der Waals surface area contributed by atoms with Crippen LogP contribution < -0.4 is 9.63 Å². The molecule has 0 N–H and O–H groups in total. The smallest absolute Gasteiger partial charge is 0.245 e. The van der Waals surface area contributed by atoms with E-state index in [9.17, 15) is 5.21 Å². The van der Waals surface area contributed by atoms with Crippen LogP contribution in [0.1, 0.15) is 19.3 Å². The lowest BCUT2D eigenvalue weighted by molar-refractivity contribution is -0.548. The Balaban J connectivity index is 1.90.